The number of carbonyl (C=O) groups excluding carboxylic acids is 3. The zero-order chi connectivity index (χ0) is 18.5. The van der Waals surface area contributed by atoms with E-state index >= 15 is 0 Å². The summed E-state index contributed by atoms with van der Waals surface area (Å²) in [5, 5.41) is 1.64. The highest BCUT2D eigenvalue weighted by Crippen LogP contribution is 2.47. The fourth-order valence-electron chi connectivity index (χ4n) is 1.15. The molecule has 0 rings (SSSR count). The smallest absolute Gasteiger partial charge is 0.460 e. The van der Waals surface area contributed by atoms with Gasteiger partial charge in [-0.15, -0.1) is 0 Å². The van der Waals surface area contributed by atoms with Crippen molar-refractivity contribution in [2.45, 2.75) is 31.4 Å². The average molecular weight is 353 g/mol. The molecule has 0 saturated carbocycles. The van der Waals surface area contributed by atoms with Crippen molar-refractivity contribution in [3.8, 4) is 0 Å². The highest BCUT2D eigenvalue weighted by Gasteiger charge is 2.75. The standard InChI is InChI=1S/C11H10F7NO4/c1-2-23-8(22)6(19-5-20)3-4-7(21)9(12,13)10(14,15)11(16,17)18/h3,5H,2,4H2,1H3,(H,19,20)/b6-3-. The van der Waals surface area contributed by atoms with E-state index in [4.69, 9.17) is 0 Å². The van der Waals surface area contributed by atoms with Crippen molar-refractivity contribution >= 4 is 18.2 Å². The molecule has 0 aliphatic carbocycles. The minimum Gasteiger partial charge on any atom is -0.461 e. The molecule has 0 spiro atoms. The van der Waals surface area contributed by atoms with Crippen LogP contribution in [0.2, 0.25) is 0 Å². The number of rotatable bonds is 8. The Bertz CT molecular complexity index is 499. The lowest BCUT2D eigenvalue weighted by atomic mass is 10.0. The first-order valence-corrected chi connectivity index (χ1v) is 5.76. The number of ketones is 1. The van der Waals surface area contributed by atoms with Gasteiger partial charge in [-0.05, 0) is 13.0 Å². The first-order valence-electron chi connectivity index (χ1n) is 5.76. The molecule has 0 radical (unpaired) electrons. The number of halogens is 7. The molecule has 12 heteroatoms. The highest BCUT2D eigenvalue weighted by molar-refractivity contribution is 5.93. The third kappa shape index (κ3) is 4.66. The normalized spacial score (nSPS) is 13.5. The third-order valence-electron chi connectivity index (χ3n) is 2.30. The van der Waals surface area contributed by atoms with Gasteiger partial charge in [0.1, 0.15) is 5.70 Å². The molecular weight excluding hydrogens is 343 g/mol. The Kier molecular flexibility index (Phi) is 6.73. The Morgan fingerprint density at radius 3 is 2.00 bits per heavy atom. The minimum atomic E-state index is -6.65. The van der Waals surface area contributed by atoms with Crippen LogP contribution in [0.5, 0.6) is 0 Å². The van der Waals surface area contributed by atoms with Crippen molar-refractivity contribution in [1.29, 1.82) is 0 Å². The maximum Gasteiger partial charge on any atom is 0.460 e. The van der Waals surface area contributed by atoms with E-state index < -0.39 is 41.9 Å². The van der Waals surface area contributed by atoms with Crippen molar-refractivity contribution < 1.29 is 49.9 Å². The number of carbonyl (C=O) groups is 3. The topological polar surface area (TPSA) is 72.5 Å². The number of hydrogen-bond acceptors (Lipinski definition) is 4. The second kappa shape index (κ2) is 7.42. The molecule has 5 nitrogen and oxygen atoms in total. The van der Waals surface area contributed by atoms with Crippen molar-refractivity contribution in [2.24, 2.45) is 0 Å². The van der Waals surface area contributed by atoms with Crippen LogP contribution in [-0.4, -0.2) is 42.8 Å². The number of Topliss-reactive ketones (excluding diaryl/α,β-unsaturated/α-hetero) is 1. The first-order chi connectivity index (χ1) is 10.3. The van der Waals surface area contributed by atoms with Crippen LogP contribution in [0.15, 0.2) is 11.8 Å². The lowest BCUT2D eigenvalue weighted by molar-refractivity contribution is -0.343. The van der Waals surface area contributed by atoms with Crippen LogP contribution in [0.1, 0.15) is 13.3 Å². The van der Waals surface area contributed by atoms with Crippen molar-refractivity contribution in [1.82, 2.24) is 5.32 Å². The Hall–Kier alpha value is -2.14. The molecule has 0 heterocycles. The zero-order valence-corrected chi connectivity index (χ0v) is 11.3. The highest BCUT2D eigenvalue weighted by atomic mass is 19.4. The summed E-state index contributed by atoms with van der Waals surface area (Å²) < 4.78 is 91.4. The Morgan fingerprint density at radius 1 is 1.09 bits per heavy atom. The number of hydrogen-bond donors (Lipinski definition) is 1. The van der Waals surface area contributed by atoms with Gasteiger partial charge in [0.05, 0.1) is 6.61 Å². The predicted molar refractivity (Wildman–Crippen MR) is 59.5 cm³/mol. The van der Waals surface area contributed by atoms with Crippen LogP contribution < -0.4 is 5.32 Å². The van der Waals surface area contributed by atoms with Crippen molar-refractivity contribution in [2.75, 3.05) is 6.61 Å². The molecule has 132 valence electrons. The Morgan fingerprint density at radius 2 is 1.61 bits per heavy atom. The zero-order valence-electron chi connectivity index (χ0n) is 11.3. The summed E-state index contributed by atoms with van der Waals surface area (Å²) >= 11 is 0. The van der Waals surface area contributed by atoms with Crippen LogP contribution in [0.25, 0.3) is 0 Å². The number of ether oxygens (including phenoxy) is 1. The summed E-state index contributed by atoms with van der Waals surface area (Å²) in [6, 6.07) is 0. The van der Waals surface area contributed by atoms with E-state index in [1.54, 1.807) is 5.32 Å². The molecule has 0 unspecified atom stereocenters. The quantitative estimate of drug-likeness (QED) is 0.313. The van der Waals surface area contributed by atoms with E-state index in [2.05, 4.69) is 4.74 Å². The number of allylic oxidation sites excluding steroid dienone is 1. The van der Waals surface area contributed by atoms with Gasteiger partial charge < -0.3 is 10.1 Å². The van der Waals surface area contributed by atoms with E-state index in [0.717, 1.165) is 0 Å². The van der Waals surface area contributed by atoms with Gasteiger partial charge in [-0.25, -0.2) is 4.79 Å². The lowest BCUT2D eigenvalue weighted by Gasteiger charge is -2.26. The largest absolute Gasteiger partial charge is 0.461 e. The fourth-order valence-corrected chi connectivity index (χ4v) is 1.15. The molecule has 0 aromatic heterocycles. The summed E-state index contributed by atoms with van der Waals surface area (Å²) in [6.45, 7) is 1.12. The third-order valence-corrected chi connectivity index (χ3v) is 2.30. The van der Waals surface area contributed by atoms with Gasteiger partial charge in [0, 0.05) is 6.42 Å². The molecule has 0 bridgehead atoms. The molecule has 0 aliphatic heterocycles. The van der Waals surface area contributed by atoms with Crippen LogP contribution >= 0.6 is 0 Å². The summed E-state index contributed by atoms with van der Waals surface area (Å²) in [6.07, 6.45) is -8.20. The van der Waals surface area contributed by atoms with Gasteiger partial charge >= 0.3 is 24.0 Å². The van der Waals surface area contributed by atoms with E-state index in [0.29, 0.717) is 0 Å². The summed E-state index contributed by atoms with van der Waals surface area (Å²) in [5.41, 5.74) is -0.860. The summed E-state index contributed by atoms with van der Waals surface area (Å²) in [4.78, 5) is 32.4. The molecule has 0 aromatic carbocycles. The van der Waals surface area contributed by atoms with E-state index in [9.17, 15) is 45.1 Å². The molecule has 0 aromatic rings. The van der Waals surface area contributed by atoms with Crippen LogP contribution in [0.3, 0.4) is 0 Å². The molecular formula is C11H10F7NO4. The Labute approximate surface area is 124 Å². The van der Waals surface area contributed by atoms with Crippen LogP contribution in [0, 0.1) is 0 Å². The van der Waals surface area contributed by atoms with Gasteiger partial charge in [-0.1, -0.05) is 0 Å². The molecule has 0 atom stereocenters. The van der Waals surface area contributed by atoms with E-state index in [1.807, 2.05) is 0 Å². The number of amides is 1. The second-order valence-electron chi connectivity index (χ2n) is 3.87. The van der Waals surface area contributed by atoms with Gasteiger partial charge in [0.25, 0.3) is 0 Å². The van der Waals surface area contributed by atoms with Crippen molar-refractivity contribution in [3.05, 3.63) is 11.8 Å². The fraction of sp³-hybridized carbons (Fsp3) is 0.545. The first kappa shape index (κ1) is 20.9. The predicted octanol–water partition coefficient (Wildman–Crippen LogP) is 1.97. The second-order valence-corrected chi connectivity index (χ2v) is 3.87. The molecule has 1 N–H and O–H groups in total. The molecule has 0 saturated heterocycles. The lowest BCUT2D eigenvalue weighted by Crippen LogP contribution is -2.56. The number of esters is 1. The van der Waals surface area contributed by atoms with Crippen molar-refractivity contribution in [3.63, 3.8) is 0 Å². The average Bonchev–Trinajstić information content (AvgIpc) is 2.41. The maximum atomic E-state index is 13.0. The maximum absolute atomic E-state index is 13.0. The number of nitrogens with one attached hydrogen (secondary N) is 1. The van der Waals surface area contributed by atoms with Crippen LogP contribution in [-0.2, 0) is 19.1 Å². The monoisotopic (exact) mass is 353 g/mol. The van der Waals surface area contributed by atoms with E-state index in [-0.39, 0.29) is 19.1 Å². The van der Waals surface area contributed by atoms with Gasteiger partial charge in [-0.2, -0.15) is 30.7 Å². The summed E-state index contributed by atoms with van der Waals surface area (Å²) in [7, 11) is 0. The van der Waals surface area contributed by atoms with Gasteiger partial charge in [0.15, 0.2) is 0 Å². The SMILES string of the molecule is CCOC(=O)/C(=C/CC(=O)C(F)(F)C(F)(F)C(F)(F)F)NC=O. The van der Waals surface area contributed by atoms with Gasteiger partial charge in [-0.3, -0.25) is 9.59 Å². The van der Waals surface area contributed by atoms with Crippen LogP contribution in [0.4, 0.5) is 30.7 Å². The molecule has 1 amide bonds. The van der Waals surface area contributed by atoms with Gasteiger partial charge in [0.2, 0.25) is 12.2 Å². The number of alkyl halides is 7. The molecule has 23 heavy (non-hydrogen) atoms. The molecule has 0 aliphatic rings. The Balaban J connectivity index is 5.34. The minimum absolute atomic E-state index is 0.115. The summed E-state index contributed by atoms with van der Waals surface area (Å²) in [5.74, 6) is -16.7. The molecule has 0 fully saturated rings. The van der Waals surface area contributed by atoms with E-state index in [1.165, 1.54) is 6.92 Å².